The summed E-state index contributed by atoms with van der Waals surface area (Å²) in [7, 11) is 0. The van der Waals surface area contributed by atoms with Crippen molar-refractivity contribution in [2.45, 2.75) is 13.3 Å². The molecule has 0 radical (unpaired) electrons. The standard InChI is InChI=1S/C8H11N5O/c1-3-2-4-5(9)11-8(10)13-6(4)12-7(3)14/h3H,2H2,1H3,(H5,9,10,11,12,13,14). The molecule has 1 aliphatic rings. The van der Waals surface area contributed by atoms with Crippen LogP contribution in [-0.4, -0.2) is 15.9 Å². The SMILES string of the molecule is CC1Cc2c(N)nc(N)nc2NC1=O. The lowest BCUT2D eigenvalue weighted by Crippen LogP contribution is -2.29. The Hall–Kier alpha value is -1.85. The lowest BCUT2D eigenvalue weighted by molar-refractivity contribution is -0.119. The van der Waals surface area contributed by atoms with Gasteiger partial charge in [0.15, 0.2) is 0 Å². The molecule has 2 heterocycles. The Morgan fingerprint density at radius 2 is 2.14 bits per heavy atom. The molecule has 1 amide bonds. The van der Waals surface area contributed by atoms with Gasteiger partial charge in [-0.25, -0.2) is 0 Å². The Bertz CT molecular complexity index is 403. The molecule has 0 saturated heterocycles. The van der Waals surface area contributed by atoms with Crippen molar-refractivity contribution in [1.29, 1.82) is 0 Å². The van der Waals surface area contributed by atoms with Crippen LogP contribution < -0.4 is 16.8 Å². The summed E-state index contributed by atoms with van der Waals surface area (Å²) >= 11 is 0. The van der Waals surface area contributed by atoms with Gasteiger partial charge in [0.05, 0.1) is 0 Å². The lowest BCUT2D eigenvalue weighted by atomic mass is 9.97. The van der Waals surface area contributed by atoms with Crippen molar-refractivity contribution in [1.82, 2.24) is 9.97 Å². The van der Waals surface area contributed by atoms with Crippen LogP contribution >= 0.6 is 0 Å². The van der Waals surface area contributed by atoms with Crippen LogP contribution in [0.1, 0.15) is 12.5 Å². The van der Waals surface area contributed by atoms with Gasteiger partial charge in [0.1, 0.15) is 11.6 Å². The highest BCUT2D eigenvalue weighted by atomic mass is 16.2. The molecule has 74 valence electrons. The van der Waals surface area contributed by atoms with Gasteiger partial charge in [-0.1, -0.05) is 6.92 Å². The molecule has 1 atom stereocenters. The van der Waals surface area contributed by atoms with E-state index in [1.807, 2.05) is 6.92 Å². The van der Waals surface area contributed by atoms with Gasteiger partial charge in [0.25, 0.3) is 0 Å². The number of nitrogen functional groups attached to an aromatic ring is 2. The number of aromatic nitrogens is 2. The lowest BCUT2D eigenvalue weighted by Gasteiger charge is -2.21. The number of hydrogen-bond donors (Lipinski definition) is 3. The van der Waals surface area contributed by atoms with E-state index >= 15 is 0 Å². The van der Waals surface area contributed by atoms with Crippen LogP contribution in [0.4, 0.5) is 17.6 Å². The van der Waals surface area contributed by atoms with E-state index in [1.54, 1.807) is 0 Å². The largest absolute Gasteiger partial charge is 0.383 e. The maximum absolute atomic E-state index is 11.3. The van der Waals surface area contributed by atoms with Crippen LogP contribution in [0.15, 0.2) is 0 Å². The predicted molar refractivity (Wildman–Crippen MR) is 52.4 cm³/mol. The quantitative estimate of drug-likeness (QED) is 0.527. The first-order chi connectivity index (χ1) is 6.58. The van der Waals surface area contributed by atoms with Gasteiger partial charge in [-0.15, -0.1) is 0 Å². The first-order valence-corrected chi connectivity index (χ1v) is 4.30. The third-order valence-electron chi connectivity index (χ3n) is 2.26. The Kier molecular flexibility index (Phi) is 1.77. The van der Waals surface area contributed by atoms with E-state index < -0.39 is 0 Å². The number of rotatable bonds is 0. The molecule has 0 fully saturated rings. The van der Waals surface area contributed by atoms with E-state index in [9.17, 15) is 4.79 Å². The predicted octanol–water partition coefficient (Wildman–Crippen LogP) is -0.228. The van der Waals surface area contributed by atoms with Gasteiger partial charge in [-0.05, 0) is 6.42 Å². The summed E-state index contributed by atoms with van der Waals surface area (Å²) < 4.78 is 0. The molecule has 14 heavy (non-hydrogen) atoms. The first-order valence-electron chi connectivity index (χ1n) is 4.30. The number of anilines is 3. The molecule has 1 aliphatic heterocycles. The molecule has 6 nitrogen and oxygen atoms in total. The van der Waals surface area contributed by atoms with Gasteiger partial charge >= 0.3 is 0 Å². The molecule has 0 bridgehead atoms. The molecule has 0 saturated carbocycles. The van der Waals surface area contributed by atoms with E-state index in [4.69, 9.17) is 11.5 Å². The van der Waals surface area contributed by atoms with Crippen LogP contribution in [0.3, 0.4) is 0 Å². The van der Waals surface area contributed by atoms with E-state index in [0.717, 1.165) is 5.56 Å². The molecular weight excluding hydrogens is 182 g/mol. The average molecular weight is 193 g/mol. The van der Waals surface area contributed by atoms with Crippen molar-refractivity contribution in [3.8, 4) is 0 Å². The van der Waals surface area contributed by atoms with Crippen molar-refractivity contribution in [2.24, 2.45) is 5.92 Å². The fourth-order valence-corrected chi connectivity index (χ4v) is 1.46. The number of carbonyl (C=O) groups excluding carboxylic acids is 1. The van der Waals surface area contributed by atoms with Crippen molar-refractivity contribution in [3.63, 3.8) is 0 Å². The molecule has 0 aromatic carbocycles. The summed E-state index contributed by atoms with van der Waals surface area (Å²) in [6.07, 6.45) is 0.563. The molecule has 0 spiro atoms. The van der Waals surface area contributed by atoms with Crippen LogP contribution in [0.2, 0.25) is 0 Å². The summed E-state index contributed by atoms with van der Waals surface area (Å²) in [6.45, 7) is 1.83. The number of carbonyl (C=O) groups is 1. The van der Waals surface area contributed by atoms with Gasteiger partial charge in [-0.2, -0.15) is 9.97 Å². The topological polar surface area (TPSA) is 107 Å². The maximum atomic E-state index is 11.3. The van der Waals surface area contributed by atoms with E-state index in [0.29, 0.717) is 18.1 Å². The van der Waals surface area contributed by atoms with Gasteiger partial charge in [0.2, 0.25) is 11.9 Å². The zero-order valence-corrected chi connectivity index (χ0v) is 7.74. The Labute approximate surface area is 80.7 Å². The number of amides is 1. The first kappa shape index (κ1) is 8.74. The normalized spacial score (nSPS) is 20.1. The number of fused-ring (bicyclic) bond motifs is 1. The molecule has 1 unspecified atom stereocenters. The van der Waals surface area contributed by atoms with Crippen LogP contribution in [0, 0.1) is 5.92 Å². The summed E-state index contributed by atoms with van der Waals surface area (Å²) in [5.74, 6) is 0.709. The van der Waals surface area contributed by atoms with Crippen molar-refractivity contribution in [2.75, 3.05) is 16.8 Å². The van der Waals surface area contributed by atoms with Gasteiger partial charge in [0, 0.05) is 11.5 Å². The molecule has 6 heteroatoms. The number of nitrogens with zero attached hydrogens (tertiary/aromatic N) is 2. The van der Waals surface area contributed by atoms with Crippen LogP contribution in [0.5, 0.6) is 0 Å². The number of hydrogen-bond acceptors (Lipinski definition) is 5. The number of nitrogens with two attached hydrogens (primary N) is 2. The van der Waals surface area contributed by atoms with E-state index in [-0.39, 0.29) is 17.8 Å². The second kappa shape index (κ2) is 2.83. The monoisotopic (exact) mass is 193 g/mol. The second-order valence-electron chi connectivity index (χ2n) is 3.39. The third-order valence-corrected chi connectivity index (χ3v) is 2.26. The minimum absolute atomic E-state index is 0.0602. The summed E-state index contributed by atoms with van der Waals surface area (Å²) in [5, 5.41) is 2.64. The van der Waals surface area contributed by atoms with Gasteiger partial charge < -0.3 is 16.8 Å². The zero-order chi connectivity index (χ0) is 10.3. The molecule has 2 rings (SSSR count). The summed E-state index contributed by atoms with van der Waals surface area (Å²) in [6, 6.07) is 0. The van der Waals surface area contributed by atoms with E-state index in [2.05, 4.69) is 15.3 Å². The van der Waals surface area contributed by atoms with Gasteiger partial charge in [-0.3, -0.25) is 4.79 Å². The second-order valence-corrected chi connectivity index (χ2v) is 3.39. The maximum Gasteiger partial charge on any atom is 0.228 e. The highest BCUT2D eigenvalue weighted by Gasteiger charge is 2.25. The summed E-state index contributed by atoms with van der Waals surface area (Å²) in [5.41, 5.74) is 11.8. The highest BCUT2D eigenvalue weighted by molar-refractivity contribution is 5.95. The Balaban J connectivity index is 2.51. The summed E-state index contributed by atoms with van der Waals surface area (Å²) in [4.78, 5) is 19.1. The molecule has 1 aromatic heterocycles. The fourth-order valence-electron chi connectivity index (χ4n) is 1.46. The average Bonchev–Trinajstić information content (AvgIpc) is 2.08. The smallest absolute Gasteiger partial charge is 0.228 e. The molecule has 0 aliphatic carbocycles. The third kappa shape index (κ3) is 1.24. The zero-order valence-electron chi connectivity index (χ0n) is 7.74. The molecular formula is C8H11N5O. The van der Waals surface area contributed by atoms with Crippen molar-refractivity contribution in [3.05, 3.63) is 5.56 Å². The van der Waals surface area contributed by atoms with E-state index in [1.165, 1.54) is 0 Å². The van der Waals surface area contributed by atoms with Crippen LogP contribution in [-0.2, 0) is 11.2 Å². The minimum Gasteiger partial charge on any atom is -0.383 e. The number of nitrogens with one attached hydrogen (secondary N) is 1. The minimum atomic E-state index is -0.1000. The molecule has 1 aromatic rings. The van der Waals surface area contributed by atoms with Crippen molar-refractivity contribution < 1.29 is 4.79 Å². The Morgan fingerprint density at radius 1 is 1.43 bits per heavy atom. The highest BCUT2D eigenvalue weighted by Crippen LogP contribution is 2.27. The van der Waals surface area contributed by atoms with Crippen LogP contribution in [0.25, 0.3) is 0 Å². The Morgan fingerprint density at radius 3 is 2.86 bits per heavy atom. The molecule has 5 N–H and O–H groups in total. The fraction of sp³-hybridized carbons (Fsp3) is 0.375. The van der Waals surface area contributed by atoms with Crippen molar-refractivity contribution >= 4 is 23.5 Å².